The molecule has 5 amide bonds. The number of rotatable bonds is 18. The number of aldehydes is 1. The number of hydrogen-bond acceptors (Lipinski definition) is 7. The van der Waals surface area contributed by atoms with E-state index in [9.17, 15) is 33.9 Å². The van der Waals surface area contributed by atoms with Gasteiger partial charge in [-0.05, 0) is 45.2 Å². The normalized spacial score (nSPS) is 12.4. The molecular weight excluding hydrogens is 699 g/mol. The van der Waals surface area contributed by atoms with Gasteiger partial charge >= 0.3 is 0 Å². The van der Waals surface area contributed by atoms with Crippen LogP contribution in [0.25, 0.3) is 10.8 Å². The lowest BCUT2D eigenvalue weighted by Gasteiger charge is -2.26. The Morgan fingerprint density at radius 3 is 1.58 bits per heavy atom. The average Bonchev–Trinajstić information content (AvgIpc) is 3.20. The molecule has 0 saturated heterocycles. The van der Waals surface area contributed by atoms with Crippen LogP contribution in [0.15, 0.2) is 127 Å². The molecule has 282 valence electrons. The van der Waals surface area contributed by atoms with E-state index < -0.39 is 41.8 Å². The van der Waals surface area contributed by atoms with E-state index in [0.717, 1.165) is 27.5 Å². The van der Waals surface area contributed by atoms with Gasteiger partial charge in [-0.3, -0.25) is 24.0 Å². The average molecular weight is 742 g/mol. The molecule has 0 unspecified atom stereocenters. The van der Waals surface area contributed by atoms with Crippen LogP contribution in [-0.4, -0.2) is 72.1 Å². The van der Waals surface area contributed by atoms with Crippen LogP contribution in [0.2, 0.25) is 0 Å². The van der Waals surface area contributed by atoms with Crippen LogP contribution in [0.1, 0.15) is 22.3 Å². The number of carbonyl (C=O) groups is 6. The van der Waals surface area contributed by atoms with Gasteiger partial charge in [-0.1, -0.05) is 115 Å². The molecule has 0 bridgehead atoms. The smallest absolute Gasteiger partial charge is 0.243 e. The van der Waals surface area contributed by atoms with Crippen molar-refractivity contribution in [2.24, 2.45) is 0 Å². The summed E-state index contributed by atoms with van der Waals surface area (Å²) in [6, 6.07) is 34.2. The predicted molar refractivity (Wildman–Crippen MR) is 208 cm³/mol. The molecule has 0 saturated carbocycles. The van der Waals surface area contributed by atoms with E-state index >= 15 is 0 Å². The molecule has 5 aromatic rings. The van der Waals surface area contributed by atoms with E-state index in [0.29, 0.717) is 11.8 Å². The number of carbonyl (C=O) groups excluding carboxylic acids is 6. The Morgan fingerprint density at radius 2 is 1.00 bits per heavy atom. The maximum atomic E-state index is 14.0. The van der Waals surface area contributed by atoms with Gasteiger partial charge in [0.15, 0.2) is 0 Å². The molecule has 0 aliphatic rings. The molecule has 6 N–H and O–H groups in total. The number of phenolic OH excluding ortho intramolecular Hbond substituents is 1. The lowest BCUT2D eigenvalue weighted by Crippen LogP contribution is -2.58. The molecule has 0 aliphatic heterocycles. The van der Waals surface area contributed by atoms with Gasteiger partial charge in [0.05, 0.1) is 19.5 Å². The maximum absolute atomic E-state index is 14.0. The Kier molecular flexibility index (Phi) is 14.2. The monoisotopic (exact) mass is 741 g/mol. The van der Waals surface area contributed by atoms with Gasteiger partial charge in [-0.25, -0.2) is 0 Å². The number of aromatic hydroxyl groups is 1. The number of phenols is 1. The maximum Gasteiger partial charge on any atom is 0.243 e. The lowest BCUT2D eigenvalue weighted by molar-refractivity contribution is -0.133. The van der Waals surface area contributed by atoms with Crippen LogP contribution in [0, 0.1) is 0 Å². The molecule has 12 nitrogen and oxygen atoms in total. The van der Waals surface area contributed by atoms with Gasteiger partial charge < -0.3 is 36.5 Å². The van der Waals surface area contributed by atoms with Crippen LogP contribution >= 0.6 is 0 Å². The zero-order chi connectivity index (χ0) is 39.0. The summed E-state index contributed by atoms with van der Waals surface area (Å²) in [6.07, 6.45) is 0.746. The van der Waals surface area contributed by atoms with Crippen molar-refractivity contribution in [3.05, 3.63) is 150 Å². The van der Waals surface area contributed by atoms with E-state index in [1.807, 2.05) is 54.6 Å². The second kappa shape index (κ2) is 19.9. The summed E-state index contributed by atoms with van der Waals surface area (Å²) in [5.41, 5.74) is 2.88. The Labute approximate surface area is 318 Å². The number of hydrogen-bond donors (Lipinski definition) is 6. The third-order valence-corrected chi connectivity index (χ3v) is 8.84. The highest BCUT2D eigenvalue weighted by molar-refractivity contribution is 5.95. The minimum absolute atomic E-state index is 0.0286. The topological polar surface area (TPSA) is 183 Å². The van der Waals surface area contributed by atoms with Crippen LogP contribution in [0.5, 0.6) is 5.75 Å². The van der Waals surface area contributed by atoms with E-state index in [2.05, 4.69) is 26.6 Å². The molecular formula is C43H43N5O7. The zero-order valence-electron chi connectivity index (χ0n) is 30.1. The summed E-state index contributed by atoms with van der Waals surface area (Å²) in [4.78, 5) is 78.1. The molecule has 0 radical (unpaired) electrons. The van der Waals surface area contributed by atoms with Gasteiger partial charge in [-0.2, -0.15) is 0 Å². The summed E-state index contributed by atoms with van der Waals surface area (Å²) in [6.45, 7) is -0.649. The quantitative estimate of drug-likeness (QED) is 0.0747. The molecule has 5 aromatic carbocycles. The number of amides is 5. The molecule has 55 heavy (non-hydrogen) atoms. The summed E-state index contributed by atoms with van der Waals surface area (Å²) < 4.78 is 0. The largest absolute Gasteiger partial charge is 0.508 e. The van der Waals surface area contributed by atoms with E-state index in [1.54, 1.807) is 60.7 Å². The number of nitrogens with one attached hydrogen (secondary N) is 5. The van der Waals surface area contributed by atoms with Crippen LogP contribution < -0.4 is 26.6 Å². The van der Waals surface area contributed by atoms with Crippen LogP contribution in [0.3, 0.4) is 0 Å². The highest BCUT2D eigenvalue weighted by atomic mass is 16.3. The van der Waals surface area contributed by atoms with Crippen molar-refractivity contribution in [3.63, 3.8) is 0 Å². The Bertz CT molecular complexity index is 2090. The Morgan fingerprint density at radius 1 is 0.509 bits per heavy atom. The molecule has 0 aromatic heterocycles. The first-order chi connectivity index (χ1) is 26.7. The van der Waals surface area contributed by atoms with Crippen molar-refractivity contribution in [3.8, 4) is 5.75 Å². The summed E-state index contributed by atoms with van der Waals surface area (Å²) >= 11 is 0. The van der Waals surface area contributed by atoms with Gasteiger partial charge in [0.25, 0.3) is 0 Å². The van der Waals surface area contributed by atoms with Crippen LogP contribution in [-0.2, 0) is 54.5 Å². The molecule has 0 fully saturated rings. The third kappa shape index (κ3) is 12.4. The minimum Gasteiger partial charge on any atom is -0.508 e. The molecule has 0 aliphatic carbocycles. The standard InChI is InChI=1S/C43H43N5O7/c49-22-21-44-41(53)36(26-31-16-19-35(50)20-17-31)47-43(55)38(25-30-11-5-2-6-12-30)48-42(54)37(24-29-9-3-1-4-10-29)46-40(52)28-45-39(51)27-32-15-18-33-13-7-8-14-34(33)23-32/h1-20,22-23,36-38,50H,21,24-28H2,(H,44,53)(H,45,51)(H,46,52)(H,47,55)(H,48,54)/t36-,37-,38-/m1/s1. The van der Waals surface area contributed by atoms with Crippen molar-refractivity contribution in [1.29, 1.82) is 0 Å². The fraction of sp³-hybridized carbons (Fsp3) is 0.209. The first-order valence-electron chi connectivity index (χ1n) is 17.9. The summed E-state index contributed by atoms with van der Waals surface area (Å²) in [5.74, 6) is -2.89. The van der Waals surface area contributed by atoms with E-state index in [1.165, 1.54) is 12.1 Å². The third-order valence-electron chi connectivity index (χ3n) is 8.84. The number of benzene rings is 5. The fourth-order valence-electron chi connectivity index (χ4n) is 6.03. The summed E-state index contributed by atoms with van der Waals surface area (Å²) in [5, 5.41) is 25.1. The Hall–Kier alpha value is -6.82. The highest BCUT2D eigenvalue weighted by Crippen LogP contribution is 2.16. The molecule has 0 spiro atoms. The van der Waals surface area contributed by atoms with Crippen molar-refractivity contribution < 1.29 is 33.9 Å². The first-order valence-corrected chi connectivity index (χ1v) is 17.9. The van der Waals surface area contributed by atoms with E-state index in [4.69, 9.17) is 0 Å². The minimum atomic E-state index is -1.19. The van der Waals surface area contributed by atoms with E-state index in [-0.39, 0.29) is 50.4 Å². The predicted octanol–water partition coefficient (Wildman–Crippen LogP) is 2.70. The van der Waals surface area contributed by atoms with Crippen molar-refractivity contribution in [2.45, 2.75) is 43.8 Å². The SMILES string of the molecule is O=CCNC(=O)[C@@H](Cc1ccc(O)cc1)NC(=O)[C@@H](Cc1ccccc1)NC(=O)[C@@H](Cc1ccccc1)NC(=O)CNC(=O)Cc1ccc2ccccc2c1. The van der Waals surface area contributed by atoms with Gasteiger partial charge in [0, 0.05) is 19.3 Å². The van der Waals surface area contributed by atoms with Gasteiger partial charge in [0.1, 0.15) is 30.2 Å². The fourth-order valence-corrected chi connectivity index (χ4v) is 6.03. The van der Waals surface area contributed by atoms with Gasteiger partial charge in [-0.15, -0.1) is 0 Å². The molecule has 3 atom stereocenters. The lowest BCUT2D eigenvalue weighted by atomic mass is 10.0. The van der Waals surface area contributed by atoms with Crippen LogP contribution in [0.4, 0.5) is 0 Å². The molecule has 12 heteroatoms. The highest BCUT2D eigenvalue weighted by Gasteiger charge is 2.30. The zero-order valence-corrected chi connectivity index (χ0v) is 30.1. The molecule has 5 rings (SSSR count). The molecule has 0 heterocycles. The van der Waals surface area contributed by atoms with Crippen molar-refractivity contribution >= 4 is 46.6 Å². The first kappa shape index (κ1) is 39.4. The summed E-state index contributed by atoms with van der Waals surface area (Å²) in [7, 11) is 0. The van der Waals surface area contributed by atoms with Crippen molar-refractivity contribution in [1.82, 2.24) is 26.6 Å². The number of fused-ring (bicyclic) bond motifs is 1. The Balaban J connectivity index is 1.30. The van der Waals surface area contributed by atoms with Gasteiger partial charge in [0.2, 0.25) is 29.5 Å². The second-order valence-electron chi connectivity index (χ2n) is 13.0. The van der Waals surface area contributed by atoms with Crippen molar-refractivity contribution in [2.75, 3.05) is 13.1 Å². The second-order valence-corrected chi connectivity index (χ2v) is 13.0.